The van der Waals surface area contributed by atoms with Gasteiger partial charge in [0.05, 0.1) is 11.7 Å². The lowest BCUT2D eigenvalue weighted by atomic mass is 10.0. The Morgan fingerprint density at radius 3 is 3.10 bits per heavy atom. The van der Waals surface area contributed by atoms with Crippen molar-refractivity contribution in [2.24, 2.45) is 7.05 Å². The standard InChI is InChI=1S/C14H22N4OS/c1-3-18-7-5-4-6-12(18)14(19)15-13-10-8-20-9-11(10)16-17(13)2/h12H,3-9H2,1-2H3,(H,15,19). The van der Waals surface area contributed by atoms with Crippen LogP contribution in [0.4, 0.5) is 5.82 Å². The van der Waals surface area contributed by atoms with Gasteiger partial charge in [-0.05, 0) is 25.9 Å². The summed E-state index contributed by atoms with van der Waals surface area (Å²) >= 11 is 1.86. The van der Waals surface area contributed by atoms with Gasteiger partial charge in [0.25, 0.3) is 0 Å². The van der Waals surface area contributed by atoms with E-state index in [1.807, 2.05) is 23.5 Å². The summed E-state index contributed by atoms with van der Waals surface area (Å²) in [5, 5.41) is 7.63. The maximum Gasteiger partial charge on any atom is 0.242 e. The molecule has 0 radical (unpaired) electrons. The van der Waals surface area contributed by atoms with Crippen molar-refractivity contribution in [3.05, 3.63) is 11.3 Å². The molecule has 1 aromatic rings. The quantitative estimate of drug-likeness (QED) is 0.926. The number of likely N-dealkylation sites (tertiary alicyclic amines) is 1. The summed E-state index contributed by atoms with van der Waals surface area (Å²) in [4.78, 5) is 14.9. The topological polar surface area (TPSA) is 50.2 Å². The van der Waals surface area contributed by atoms with E-state index in [4.69, 9.17) is 0 Å². The molecule has 6 heteroatoms. The number of nitrogens with one attached hydrogen (secondary N) is 1. The molecule has 1 N–H and O–H groups in total. The second kappa shape index (κ2) is 5.77. The monoisotopic (exact) mass is 294 g/mol. The molecule has 0 aromatic carbocycles. The number of nitrogens with zero attached hydrogens (tertiary/aromatic N) is 3. The first-order valence-corrected chi connectivity index (χ1v) is 8.53. The Labute approximate surface area is 124 Å². The molecule has 0 saturated carbocycles. The SMILES string of the molecule is CCN1CCCCC1C(=O)Nc1c2c(nn1C)CSC2. The van der Waals surface area contributed by atoms with E-state index in [0.717, 1.165) is 48.9 Å². The molecule has 1 fully saturated rings. The molecule has 110 valence electrons. The van der Waals surface area contributed by atoms with Gasteiger partial charge in [-0.15, -0.1) is 0 Å². The van der Waals surface area contributed by atoms with Gasteiger partial charge in [-0.2, -0.15) is 16.9 Å². The normalized spacial score (nSPS) is 22.8. The van der Waals surface area contributed by atoms with E-state index in [9.17, 15) is 4.79 Å². The summed E-state index contributed by atoms with van der Waals surface area (Å²) < 4.78 is 1.82. The highest BCUT2D eigenvalue weighted by atomic mass is 32.2. The number of thioether (sulfide) groups is 1. The van der Waals surface area contributed by atoms with Crippen molar-refractivity contribution in [2.75, 3.05) is 18.4 Å². The number of aromatic nitrogens is 2. The molecule has 1 atom stereocenters. The summed E-state index contributed by atoms with van der Waals surface area (Å²) in [5.41, 5.74) is 2.34. The fraction of sp³-hybridized carbons (Fsp3) is 0.714. The van der Waals surface area contributed by atoms with Crippen LogP contribution in [0, 0.1) is 0 Å². The minimum atomic E-state index is 0.0216. The highest BCUT2D eigenvalue weighted by Gasteiger charge is 2.30. The van der Waals surface area contributed by atoms with Crippen molar-refractivity contribution in [3.63, 3.8) is 0 Å². The van der Waals surface area contributed by atoms with Crippen molar-refractivity contribution in [1.29, 1.82) is 0 Å². The number of aryl methyl sites for hydroxylation is 1. The second-order valence-corrected chi connectivity index (χ2v) is 6.51. The third-order valence-corrected chi connectivity index (χ3v) is 5.25. The molecule has 1 unspecified atom stereocenters. The maximum atomic E-state index is 12.6. The van der Waals surface area contributed by atoms with Crippen molar-refractivity contribution in [2.45, 2.75) is 43.7 Å². The van der Waals surface area contributed by atoms with Crippen LogP contribution in [0.2, 0.25) is 0 Å². The molecule has 0 bridgehead atoms. The van der Waals surface area contributed by atoms with E-state index >= 15 is 0 Å². The summed E-state index contributed by atoms with van der Waals surface area (Å²) in [5.74, 6) is 2.95. The van der Waals surface area contributed by atoms with Gasteiger partial charge < -0.3 is 5.32 Å². The van der Waals surface area contributed by atoms with Crippen molar-refractivity contribution in [3.8, 4) is 0 Å². The van der Waals surface area contributed by atoms with E-state index in [1.165, 1.54) is 12.0 Å². The smallest absolute Gasteiger partial charge is 0.242 e. The molecule has 1 aromatic heterocycles. The number of hydrogen-bond donors (Lipinski definition) is 1. The van der Waals surface area contributed by atoms with Gasteiger partial charge in [-0.25, -0.2) is 0 Å². The molecule has 5 nitrogen and oxygen atoms in total. The highest BCUT2D eigenvalue weighted by molar-refractivity contribution is 7.98. The molecule has 3 heterocycles. The molecule has 0 aliphatic carbocycles. The van der Waals surface area contributed by atoms with Crippen LogP contribution in [0.1, 0.15) is 37.4 Å². The van der Waals surface area contributed by atoms with Gasteiger partial charge in [0, 0.05) is 24.1 Å². The average molecular weight is 294 g/mol. The van der Waals surface area contributed by atoms with Crippen LogP contribution >= 0.6 is 11.8 Å². The second-order valence-electron chi connectivity index (χ2n) is 5.52. The number of likely N-dealkylation sites (N-methyl/N-ethyl adjacent to an activating group) is 1. The zero-order valence-electron chi connectivity index (χ0n) is 12.2. The fourth-order valence-corrected chi connectivity index (χ4v) is 4.20. The highest BCUT2D eigenvalue weighted by Crippen LogP contribution is 2.34. The van der Waals surface area contributed by atoms with Gasteiger partial charge in [0.15, 0.2) is 0 Å². The number of fused-ring (bicyclic) bond motifs is 1. The van der Waals surface area contributed by atoms with Crippen LogP contribution in [-0.4, -0.2) is 39.7 Å². The molecular weight excluding hydrogens is 272 g/mol. The molecule has 20 heavy (non-hydrogen) atoms. The third-order valence-electron chi connectivity index (χ3n) is 4.28. The van der Waals surface area contributed by atoms with Gasteiger partial charge in [-0.1, -0.05) is 13.3 Å². The summed E-state index contributed by atoms with van der Waals surface area (Å²) in [6.45, 7) is 4.11. The van der Waals surface area contributed by atoms with Crippen molar-refractivity contribution < 1.29 is 4.79 Å². The molecular formula is C14H22N4OS. The first kappa shape index (κ1) is 13.9. The Balaban J connectivity index is 1.75. The molecule has 2 aliphatic heterocycles. The number of amides is 1. The predicted molar refractivity (Wildman–Crippen MR) is 81.7 cm³/mol. The number of hydrogen-bond acceptors (Lipinski definition) is 4. The summed E-state index contributed by atoms with van der Waals surface area (Å²) in [6.07, 6.45) is 3.32. The van der Waals surface area contributed by atoms with E-state index < -0.39 is 0 Å². The lowest BCUT2D eigenvalue weighted by Crippen LogP contribution is -2.47. The largest absolute Gasteiger partial charge is 0.309 e. The summed E-state index contributed by atoms with van der Waals surface area (Å²) in [6, 6.07) is 0.0216. The molecule has 1 amide bonds. The van der Waals surface area contributed by atoms with Crippen molar-refractivity contribution in [1.82, 2.24) is 14.7 Å². The molecule has 0 spiro atoms. The van der Waals surface area contributed by atoms with Crippen LogP contribution in [0.3, 0.4) is 0 Å². The Hall–Kier alpha value is -1.01. The van der Waals surface area contributed by atoms with Gasteiger partial charge >= 0.3 is 0 Å². The average Bonchev–Trinajstić information content (AvgIpc) is 3.02. The third kappa shape index (κ3) is 2.46. The minimum Gasteiger partial charge on any atom is -0.309 e. The minimum absolute atomic E-state index is 0.0216. The van der Waals surface area contributed by atoms with Crippen molar-refractivity contribution >= 4 is 23.5 Å². The Morgan fingerprint density at radius 2 is 2.30 bits per heavy atom. The Bertz CT molecular complexity index is 514. The van der Waals surface area contributed by atoms with Gasteiger partial charge in [0.1, 0.15) is 5.82 Å². The molecule has 3 rings (SSSR count). The zero-order valence-corrected chi connectivity index (χ0v) is 13.0. The van der Waals surface area contributed by atoms with Crippen LogP contribution in [-0.2, 0) is 23.3 Å². The number of rotatable bonds is 3. The van der Waals surface area contributed by atoms with Crippen LogP contribution < -0.4 is 5.32 Å². The van der Waals surface area contributed by atoms with E-state index in [1.54, 1.807) is 0 Å². The predicted octanol–water partition coefficient (Wildman–Crippen LogP) is 1.98. The van der Waals surface area contributed by atoms with E-state index in [0.29, 0.717) is 0 Å². The number of anilines is 1. The van der Waals surface area contributed by atoms with E-state index in [-0.39, 0.29) is 11.9 Å². The number of carbonyl (C=O) groups excluding carboxylic acids is 1. The summed E-state index contributed by atoms with van der Waals surface area (Å²) in [7, 11) is 1.91. The Morgan fingerprint density at radius 1 is 1.45 bits per heavy atom. The van der Waals surface area contributed by atoms with Crippen LogP contribution in [0.5, 0.6) is 0 Å². The Kier molecular flexibility index (Phi) is 4.03. The molecule has 2 aliphatic rings. The molecule has 1 saturated heterocycles. The zero-order chi connectivity index (χ0) is 14.1. The lowest BCUT2D eigenvalue weighted by molar-refractivity contribution is -0.122. The maximum absolute atomic E-state index is 12.6. The lowest BCUT2D eigenvalue weighted by Gasteiger charge is -2.33. The van der Waals surface area contributed by atoms with E-state index in [2.05, 4.69) is 22.2 Å². The van der Waals surface area contributed by atoms with Gasteiger partial charge in [-0.3, -0.25) is 14.4 Å². The van der Waals surface area contributed by atoms with Crippen LogP contribution in [0.25, 0.3) is 0 Å². The first-order chi connectivity index (χ1) is 9.70. The first-order valence-electron chi connectivity index (χ1n) is 7.38. The number of carbonyl (C=O) groups is 1. The fourth-order valence-electron chi connectivity index (χ4n) is 3.16. The van der Waals surface area contributed by atoms with Crippen LogP contribution in [0.15, 0.2) is 0 Å². The number of piperidine rings is 1. The van der Waals surface area contributed by atoms with Gasteiger partial charge in [0.2, 0.25) is 5.91 Å².